The van der Waals surface area contributed by atoms with Crippen LogP contribution >= 0.6 is 0 Å². The first-order valence-corrected chi connectivity index (χ1v) is 6.10. The van der Waals surface area contributed by atoms with Gasteiger partial charge in [-0.1, -0.05) is 12.8 Å². The Morgan fingerprint density at radius 1 is 1.55 bits per heavy atom. The fraction of sp³-hybridized carbons (Fsp3) is 0.357. The molecule has 6 heteroatoms. The molecule has 1 amide bonds. The maximum Gasteiger partial charge on any atom is 0.310 e. The van der Waals surface area contributed by atoms with E-state index >= 15 is 0 Å². The van der Waals surface area contributed by atoms with Gasteiger partial charge in [-0.2, -0.15) is 0 Å². The Kier molecular flexibility index (Phi) is 5.54. The summed E-state index contributed by atoms with van der Waals surface area (Å²) in [6.45, 7) is 2.67. The van der Waals surface area contributed by atoms with E-state index in [9.17, 15) is 14.9 Å². The number of hydrogen-bond acceptors (Lipinski definition) is 4. The number of ether oxygens (including phenoxy) is 1. The van der Waals surface area contributed by atoms with Crippen LogP contribution < -0.4 is 4.74 Å². The topological polar surface area (TPSA) is 72.7 Å². The highest BCUT2D eigenvalue weighted by Gasteiger charge is 2.20. The molecular weight excluding hydrogens is 260 g/mol. The molecule has 0 aliphatic rings. The average molecular weight is 276 g/mol. The second kappa shape index (κ2) is 7.14. The van der Waals surface area contributed by atoms with Crippen LogP contribution in [0.1, 0.15) is 23.7 Å². The van der Waals surface area contributed by atoms with Crippen LogP contribution in [0.2, 0.25) is 0 Å². The maximum atomic E-state index is 12.3. The minimum Gasteiger partial charge on any atom is -0.490 e. The highest BCUT2D eigenvalue weighted by Crippen LogP contribution is 2.28. The van der Waals surface area contributed by atoms with E-state index in [0.717, 1.165) is 6.42 Å². The van der Waals surface area contributed by atoms with Crippen LogP contribution in [0.5, 0.6) is 5.75 Å². The third kappa shape index (κ3) is 3.48. The van der Waals surface area contributed by atoms with Crippen molar-refractivity contribution in [3.63, 3.8) is 0 Å². The summed E-state index contributed by atoms with van der Waals surface area (Å²) >= 11 is 0. The number of carbonyl (C=O) groups excluding carboxylic acids is 1. The van der Waals surface area contributed by atoms with E-state index in [0.29, 0.717) is 12.1 Å². The molecule has 0 fully saturated rings. The standard InChI is InChI=1S/C14H16N2O4/c1-4-8-15(9-5-2)14(17)11-6-7-12(16(18)19)13(10-11)20-3/h1,6-7,10H,5,8-9H2,2-3H3. The van der Waals surface area contributed by atoms with Gasteiger partial charge in [0.05, 0.1) is 18.6 Å². The van der Waals surface area contributed by atoms with E-state index in [1.165, 1.54) is 30.2 Å². The molecule has 0 atom stereocenters. The normalized spacial score (nSPS) is 9.65. The monoisotopic (exact) mass is 276 g/mol. The van der Waals surface area contributed by atoms with Crippen molar-refractivity contribution >= 4 is 11.6 Å². The molecule has 20 heavy (non-hydrogen) atoms. The van der Waals surface area contributed by atoms with Gasteiger partial charge in [-0.15, -0.1) is 6.42 Å². The van der Waals surface area contributed by atoms with Crippen molar-refractivity contribution in [3.8, 4) is 18.1 Å². The SMILES string of the molecule is C#CCN(CCC)C(=O)c1ccc([N+](=O)[O-])c(OC)c1. The molecule has 0 N–H and O–H groups in total. The van der Waals surface area contributed by atoms with E-state index in [4.69, 9.17) is 11.2 Å². The van der Waals surface area contributed by atoms with Crippen LogP contribution in [0.15, 0.2) is 18.2 Å². The van der Waals surface area contributed by atoms with E-state index in [2.05, 4.69) is 5.92 Å². The second-order valence-corrected chi connectivity index (χ2v) is 4.07. The predicted molar refractivity (Wildman–Crippen MR) is 74.7 cm³/mol. The molecule has 0 bridgehead atoms. The minimum absolute atomic E-state index is 0.0537. The largest absolute Gasteiger partial charge is 0.490 e. The van der Waals surface area contributed by atoms with E-state index in [1.54, 1.807) is 0 Å². The van der Waals surface area contributed by atoms with Crippen molar-refractivity contribution in [3.05, 3.63) is 33.9 Å². The third-order valence-corrected chi connectivity index (χ3v) is 2.69. The molecule has 0 aromatic heterocycles. The number of methoxy groups -OCH3 is 1. The summed E-state index contributed by atoms with van der Waals surface area (Å²) in [4.78, 5) is 24.0. The Labute approximate surface area is 117 Å². The molecular formula is C14H16N2O4. The summed E-state index contributed by atoms with van der Waals surface area (Å²) in [6, 6.07) is 4.02. The van der Waals surface area contributed by atoms with Crippen LogP contribution in [0.3, 0.4) is 0 Å². The molecule has 106 valence electrons. The summed E-state index contributed by atoms with van der Waals surface area (Å²) in [5.74, 6) is 2.22. The van der Waals surface area contributed by atoms with Crippen LogP contribution in [0, 0.1) is 22.5 Å². The molecule has 1 rings (SSSR count). The summed E-state index contributed by atoms with van der Waals surface area (Å²) in [7, 11) is 1.32. The first kappa shape index (κ1) is 15.5. The number of benzene rings is 1. The van der Waals surface area contributed by atoms with Crippen molar-refractivity contribution in [2.45, 2.75) is 13.3 Å². The molecule has 0 radical (unpaired) electrons. The summed E-state index contributed by atoms with van der Waals surface area (Å²) in [5.41, 5.74) is 0.138. The van der Waals surface area contributed by atoms with Gasteiger partial charge in [0.15, 0.2) is 5.75 Å². The molecule has 6 nitrogen and oxygen atoms in total. The molecule has 0 heterocycles. The van der Waals surface area contributed by atoms with Gasteiger partial charge in [0.2, 0.25) is 0 Å². The van der Waals surface area contributed by atoms with Crippen LogP contribution in [0.25, 0.3) is 0 Å². The van der Waals surface area contributed by atoms with Crippen LogP contribution in [-0.4, -0.2) is 35.9 Å². The molecule has 1 aromatic rings. The predicted octanol–water partition coefficient (Wildman–Crippen LogP) is 2.09. The quantitative estimate of drug-likeness (QED) is 0.453. The zero-order valence-electron chi connectivity index (χ0n) is 11.5. The lowest BCUT2D eigenvalue weighted by Gasteiger charge is -2.19. The van der Waals surface area contributed by atoms with E-state index < -0.39 is 4.92 Å². The first-order chi connectivity index (χ1) is 9.54. The Morgan fingerprint density at radius 3 is 2.75 bits per heavy atom. The number of nitrogens with zero attached hydrogens (tertiary/aromatic N) is 2. The van der Waals surface area contributed by atoms with Gasteiger partial charge in [-0.25, -0.2) is 0 Å². The first-order valence-electron chi connectivity index (χ1n) is 6.10. The van der Waals surface area contributed by atoms with Gasteiger partial charge in [0.1, 0.15) is 0 Å². The van der Waals surface area contributed by atoms with Gasteiger partial charge in [-0.3, -0.25) is 14.9 Å². The van der Waals surface area contributed by atoms with E-state index in [1.807, 2.05) is 6.92 Å². The lowest BCUT2D eigenvalue weighted by Crippen LogP contribution is -2.32. The van der Waals surface area contributed by atoms with Crippen molar-refractivity contribution in [1.82, 2.24) is 4.90 Å². The number of carbonyl (C=O) groups is 1. The van der Waals surface area contributed by atoms with Crippen molar-refractivity contribution in [2.24, 2.45) is 0 Å². The summed E-state index contributed by atoms with van der Waals surface area (Å²) in [6.07, 6.45) is 6.01. The lowest BCUT2D eigenvalue weighted by atomic mass is 10.1. The number of terminal acetylenes is 1. The van der Waals surface area contributed by atoms with E-state index in [-0.39, 0.29) is 23.9 Å². The van der Waals surface area contributed by atoms with Gasteiger partial charge in [0, 0.05) is 24.2 Å². The molecule has 0 unspecified atom stereocenters. The fourth-order valence-electron chi connectivity index (χ4n) is 1.78. The highest BCUT2D eigenvalue weighted by molar-refractivity contribution is 5.95. The van der Waals surface area contributed by atoms with Gasteiger partial charge in [0.25, 0.3) is 5.91 Å². The Balaban J connectivity index is 3.10. The molecule has 0 saturated heterocycles. The number of amides is 1. The Hall–Kier alpha value is -2.55. The molecule has 0 aliphatic heterocycles. The van der Waals surface area contributed by atoms with Crippen molar-refractivity contribution < 1.29 is 14.5 Å². The number of nitro benzene ring substituents is 1. The second-order valence-electron chi connectivity index (χ2n) is 4.07. The summed E-state index contributed by atoms with van der Waals surface area (Å²) in [5, 5.41) is 10.8. The number of hydrogen-bond donors (Lipinski definition) is 0. The fourth-order valence-corrected chi connectivity index (χ4v) is 1.78. The Bertz CT molecular complexity index is 549. The van der Waals surface area contributed by atoms with Crippen LogP contribution in [0.4, 0.5) is 5.69 Å². The number of nitro groups is 1. The smallest absolute Gasteiger partial charge is 0.310 e. The van der Waals surface area contributed by atoms with Gasteiger partial charge >= 0.3 is 5.69 Å². The van der Waals surface area contributed by atoms with Crippen molar-refractivity contribution in [2.75, 3.05) is 20.2 Å². The highest BCUT2D eigenvalue weighted by atomic mass is 16.6. The lowest BCUT2D eigenvalue weighted by molar-refractivity contribution is -0.385. The van der Waals surface area contributed by atoms with Gasteiger partial charge in [-0.05, 0) is 12.5 Å². The average Bonchev–Trinajstić information content (AvgIpc) is 2.45. The zero-order chi connectivity index (χ0) is 15.1. The van der Waals surface area contributed by atoms with Crippen LogP contribution in [-0.2, 0) is 0 Å². The van der Waals surface area contributed by atoms with Crippen molar-refractivity contribution in [1.29, 1.82) is 0 Å². The molecule has 1 aromatic carbocycles. The minimum atomic E-state index is -0.557. The maximum absolute atomic E-state index is 12.3. The molecule has 0 spiro atoms. The molecule has 0 saturated carbocycles. The summed E-state index contributed by atoms with van der Waals surface area (Å²) < 4.78 is 4.94. The zero-order valence-corrected chi connectivity index (χ0v) is 11.5. The van der Waals surface area contributed by atoms with Gasteiger partial charge < -0.3 is 9.64 Å². The number of rotatable bonds is 6. The Morgan fingerprint density at radius 2 is 2.25 bits per heavy atom. The molecule has 0 aliphatic carbocycles. The third-order valence-electron chi connectivity index (χ3n) is 2.69.